The third-order valence-corrected chi connectivity index (χ3v) is 2.29. The van der Waals surface area contributed by atoms with Gasteiger partial charge in [-0.2, -0.15) is 5.26 Å². The Morgan fingerprint density at radius 2 is 1.78 bits per heavy atom. The molecule has 0 saturated heterocycles. The van der Waals surface area contributed by atoms with Crippen molar-refractivity contribution in [3.05, 3.63) is 24.3 Å². The summed E-state index contributed by atoms with van der Waals surface area (Å²) in [5.74, 6) is -0.569. The number of hydrogen-bond acceptors (Lipinski definition) is 3. The van der Waals surface area contributed by atoms with Crippen molar-refractivity contribution < 1.29 is 9.59 Å². The van der Waals surface area contributed by atoms with E-state index in [0.717, 1.165) is 0 Å². The summed E-state index contributed by atoms with van der Waals surface area (Å²) in [6, 6.07) is 8.67. The zero-order valence-electron chi connectivity index (χ0n) is 10.6. The molecule has 1 aromatic rings. The van der Waals surface area contributed by atoms with Gasteiger partial charge in [-0.1, -0.05) is 6.07 Å². The van der Waals surface area contributed by atoms with Crippen LogP contribution in [0.5, 0.6) is 0 Å². The zero-order chi connectivity index (χ0) is 13.8. The first-order valence-corrected chi connectivity index (χ1v) is 5.45. The van der Waals surface area contributed by atoms with E-state index in [1.807, 2.05) is 6.07 Å². The van der Waals surface area contributed by atoms with Crippen LogP contribution in [0.1, 0.15) is 20.8 Å². The van der Waals surface area contributed by atoms with Gasteiger partial charge in [0.2, 0.25) is 11.8 Å². The predicted octanol–water partition coefficient (Wildman–Crippen LogP) is 2.13. The van der Waals surface area contributed by atoms with Crippen LogP contribution < -0.4 is 10.6 Å². The molecule has 1 aromatic carbocycles. The molecule has 0 aromatic heterocycles. The lowest BCUT2D eigenvalue weighted by molar-refractivity contribution is -0.121. The predicted molar refractivity (Wildman–Crippen MR) is 68.8 cm³/mol. The molecule has 0 unspecified atom stereocenters. The second-order valence-corrected chi connectivity index (χ2v) is 4.45. The van der Waals surface area contributed by atoms with Crippen LogP contribution in [-0.4, -0.2) is 11.8 Å². The highest BCUT2D eigenvalue weighted by molar-refractivity contribution is 5.97. The van der Waals surface area contributed by atoms with E-state index >= 15 is 0 Å². The second kappa shape index (κ2) is 5.32. The fraction of sp³-hybridized carbons (Fsp3) is 0.308. The van der Waals surface area contributed by atoms with Gasteiger partial charge in [0.1, 0.15) is 5.41 Å². The molecule has 0 spiro atoms. The molecular weight excluding hydrogens is 230 g/mol. The van der Waals surface area contributed by atoms with E-state index in [-0.39, 0.29) is 11.8 Å². The summed E-state index contributed by atoms with van der Waals surface area (Å²) in [5, 5.41) is 14.1. The van der Waals surface area contributed by atoms with Crippen LogP contribution >= 0.6 is 0 Å². The van der Waals surface area contributed by atoms with E-state index in [4.69, 9.17) is 5.26 Å². The van der Waals surface area contributed by atoms with E-state index in [0.29, 0.717) is 11.4 Å². The van der Waals surface area contributed by atoms with Gasteiger partial charge in [0.15, 0.2) is 0 Å². The number of anilines is 2. The Bertz CT molecular complexity index is 515. The van der Waals surface area contributed by atoms with Crippen molar-refractivity contribution >= 4 is 23.2 Å². The highest BCUT2D eigenvalue weighted by Crippen LogP contribution is 2.19. The van der Waals surface area contributed by atoms with Crippen molar-refractivity contribution in [2.75, 3.05) is 10.6 Å². The van der Waals surface area contributed by atoms with Crippen molar-refractivity contribution in [1.82, 2.24) is 0 Å². The third kappa shape index (κ3) is 3.59. The highest BCUT2D eigenvalue weighted by atomic mass is 16.2. The molecule has 18 heavy (non-hydrogen) atoms. The Morgan fingerprint density at radius 1 is 1.22 bits per heavy atom. The quantitative estimate of drug-likeness (QED) is 0.855. The lowest BCUT2D eigenvalue weighted by atomic mass is 9.94. The Morgan fingerprint density at radius 3 is 2.28 bits per heavy atom. The standard InChI is InChI=1S/C13H15N3O2/c1-9(17)15-10-5-4-6-11(7-10)16-12(18)13(2,3)8-14/h4-7H,1-3H3,(H,15,17)(H,16,18). The van der Waals surface area contributed by atoms with Crippen LogP contribution in [0.25, 0.3) is 0 Å². The molecule has 0 fully saturated rings. The summed E-state index contributed by atoms with van der Waals surface area (Å²) < 4.78 is 0. The first-order valence-electron chi connectivity index (χ1n) is 5.45. The van der Waals surface area contributed by atoms with Gasteiger partial charge in [0.25, 0.3) is 0 Å². The molecule has 1 rings (SSSR count). The van der Waals surface area contributed by atoms with Gasteiger partial charge in [0, 0.05) is 18.3 Å². The Kier molecular flexibility index (Phi) is 4.05. The topological polar surface area (TPSA) is 82.0 Å². The molecule has 0 aliphatic rings. The summed E-state index contributed by atoms with van der Waals surface area (Å²) >= 11 is 0. The van der Waals surface area contributed by atoms with Gasteiger partial charge in [-0.15, -0.1) is 0 Å². The summed E-state index contributed by atoms with van der Waals surface area (Å²) in [6.07, 6.45) is 0. The van der Waals surface area contributed by atoms with Crippen LogP contribution in [0.15, 0.2) is 24.3 Å². The fourth-order valence-corrected chi connectivity index (χ4v) is 1.22. The average molecular weight is 245 g/mol. The van der Waals surface area contributed by atoms with Gasteiger partial charge in [-0.25, -0.2) is 0 Å². The van der Waals surface area contributed by atoms with E-state index in [9.17, 15) is 9.59 Å². The van der Waals surface area contributed by atoms with Crippen LogP contribution in [0.3, 0.4) is 0 Å². The summed E-state index contributed by atoms with van der Waals surface area (Å²) in [6.45, 7) is 4.49. The van der Waals surface area contributed by atoms with Gasteiger partial charge in [-0.3, -0.25) is 9.59 Å². The molecule has 5 nitrogen and oxygen atoms in total. The minimum absolute atomic E-state index is 0.184. The van der Waals surface area contributed by atoms with Crippen molar-refractivity contribution in [2.45, 2.75) is 20.8 Å². The Balaban J connectivity index is 2.83. The minimum Gasteiger partial charge on any atom is -0.326 e. The zero-order valence-corrected chi connectivity index (χ0v) is 10.6. The van der Waals surface area contributed by atoms with Crippen molar-refractivity contribution in [3.8, 4) is 6.07 Å². The normalized spacial score (nSPS) is 10.3. The van der Waals surface area contributed by atoms with Crippen LogP contribution in [0, 0.1) is 16.7 Å². The molecule has 0 bridgehead atoms. The first kappa shape index (κ1) is 13.7. The number of carbonyl (C=O) groups excluding carboxylic acids is 2. The summed E-state index contributed by atoms with van der Waals surface area (Å²) in [4.78, 5) is 22.7. The van der Waals surface area contributed by atoms with Gasteiger partial charge in [-0.05, 0) is 32.0 Å². The smallest absolute Gasteiger partial charge is 0.244 e. The lowest BCUT2D eigenvalue weighted by Crippen LogP contribution is -2.29. The number of nitrogens with zero attached hydrogens (tertiary/aromatic N) is 1. The maximum atomic E-state index is 11.8. The van der Waals surface area contributed by atoms with E-state index in [1.165, 1.54) is 6.92 Å². The molecule has 0 heterocycles. The minimum atomic E-state index is -1.09. The number of nitriles is 1. The van der Waals surface area contributed by atoms with Crippen LogP contribution in [0.4, 0.5) is 11.4 Å². The molecule has 0 saturated carbocycles. The van der Waals surface area contributed by atoms with Crippen LogP contribution in [0.2, 0.25) is 0 Å². The monoisotopic (exact) mass is 245 g/mol. The van der Waals surface area contributed by atoms with Gasteiger partial charge >= 0.3 is 0 Å². The Labute approximate surface area is 106 Å². The van der Waals surface area contributed by atoms with Gasteiger partial charge in [0.05, 0.1) is 6.07 Å². The first-order chi connectivity index (χ1) is 8.35. The number of benzene rings is 1. The molecule has 0 atom stereocenters. The molecular formula is C13H15N3O2. The molecule has 0 aliphatic carbocycles. The molecule has 5 heteroatoms. The number of amides is 2. The number of rotatable bonds is 3. The number of nitrogens with one attached hydrogen (secondary N) is 2. The molecule has 2 amide bonds. The van der Waals surface area contributed by atoms with Gasteiger partial charge < -0.3 is 10.6 Å². The second-order valence-electron chi connectivity index (χ2n) is 4.45. The molecule has 0 radical (unpaired) electrons. The lowest BCUT2D eigenvalue weighted by Gasteiger charge is -2.15. The van der Waals surface area contributed by atoms with E-state index in [2.05, 4.69) is 10.6 Å². The maximum Gasteiger partial charge on any atom is 0.244 e. The largest absolute Gasteiger partial charge is 0.326 e. The van der Waals surface area contributed by atoms with Crippen LogP contribution in [-0.2, 0) is 9.59 Å². The van der Waals surface area contributed by atoms with E-state index < -0.39 is 5.41 Å². The van der Waals surface area contributed by atoms with Crippen molar-refractivity contribution in [3.63, 3.8) is 0 Å². The Hall–Kier alpha value is -2.35. The molecule has 2 N–H and O–H groups in total. The number of hydrogen-bond donors (Lipinski definition) is 2. The molecule has 0 aliphatic heterocycles. The van der Waals surface area contributed by atoms with E-state index in [1.54, 1.807) is 38.1 Å². The summed E-state index contributed by atoms with van der Waals surface area (Å²) in [5.41, 5.74) is 0.0361. The fourth-order valence-electron chi connectivity index (χ4n) is 1.22. The average Bonchev–Trinajstić information content (AvgIpc) is 2.28. The number of carbonyl (C=O) groups is 2. The van der Waals surface area contributed by atoms with Crippen molar-refractivity contribution in [2.24, 2.45) is 5.41 Å². The highest BCUT2D eigenvalue weighted by Gasteiger charge is 2.27. The van der Waals surface area contributed by atoms with Crippen molar-refractivity contribution in [1.29, 1.82) is 5.26 Å². The maximum absolute atomic E-state index is 11.8. The summed E-state index contributed by atoms with van der Waals surface area (Å²) in [7, 11) is 0. The third-order valence-electron chi connectivity index (χ3n) is 2.29. The SMILES string of the molecule is CC(=O)Nc1cccc(NC(=O)C(C)(C)C#N)c1. The molecule has 94 valence electrons.